The predicted octanol–water partition coefficient (Wildman–Crippen LogP) is 2.71. The van der Waals surface area contributed by atoms with Crippen LogP contribution in [0.2, 0.25) is 0 Å². The number of hydrogen-bond donors (Lipinski definition) is 2. The van der Waals surface area contributed by atoms with Crippen molar-refractivity contribution in [2.75, 3.05) is 13.2 Å². The molecule has 25 heavy (non-hydrogen) atoms. The molecule has 1 aliphatic rings. The number of aromatic nitrogens is 3. The molecule has 4 rings (SSSR count). The second-order valence-corrected chi connectivity index (χ2v) is 6.48. The Balaban J connectivity index is 1.38. The summed E-state index contributed by atoms with van der Waals surface area (Å²) in [6.45, 7) is 1.99. The number of carbonyl (C=O) groups excluding carboxylic acids is 1. The van der Waals surface area contributed by atoms with Crippen molar-refractivity contribution in [1.82, 2.24) is 20.1 Å². The number of fused-ring (bicyclic) bond motifs is 1. The van der Waals surface area contributed by atoms with Crippen LogP contribution in [-0.2, 0) is 11.3 Å². The van der Waals surface area contributed by atoms with Crippen LogP contribution in [0.25, 0.3) is 10.9 Å². The number of carbonyl (C=O) groups is 1. The SMILES string of the molecule is O=C(NC[C@@H]1CCCCO1)c1cc(Cn2ccc3ccccc32)[nH]n1. The first kappa shape index (κ1) is 15.9. The molecule has 1 aromatic carbocycles. The summed E-state index contributed by atoms with van der Waals surface area (Å²) in [6.07, 6.45) is 5.46. The minimum absolute atomic E-state index is 0.127. The highest BCUT2D eigenvalue weighted by molar-refractivity contribution is 5.92. The Morgan fingerprint density at radius 1 is 1.32 bits per heavy atom. The number of hydrogen-bond acceptors (Lipinski definition) is 3. The summed E-state index contributed by atoms with van der Waals surface area (Å²) in [4.78, 5) is 12.3. The molecule has 0 unspecified atom stereocenters. The van der Waals surface area contributed by atoms with Crippen LogP contribution in [0.5, 0.6) is 0 Å². The summed E-state index contributed by atoms with van der Waals surface area (Å²) in [5.41, 5.74) is 2.49. The van der Waals surface area contributed by atoms with Gasteiger partial charge in [0.1, 0.15) is 5.69 Å². The molecule has 130 valence electrons. The Labute approximate surface area is 146 Å². The first-order chi connectivity index (χ1) is 12.3. The number of benzene rings is 1. The third-order valence-electron chi connectivity index (χ3n) is 4.65. The first-order valence-corrected chi connectivity index (χ1v) is 8.77. The van der Waals surface area contributed by atoms with Crippen LogP contribution in [0.4, 0.5) is 0 Å². The van der Waals surface area contributed by atoms with Gasteiger partial charge in [0.15, 0.2) is 0 Å². The molecule has 2 aromatic heterocycles. The van der Waals surface area contributed by atoms with Crippen LogP contribution >= 0.6 is 0 Å². The molecular formula is C19H22N4O2. The Bertz CT molecular complexity index is 861. The van der Waals surface area contributed by atoms with Gasteiger partial charge >= 0.3 is 0 Å². The smallest absolute Gasteiger partial charge is 0.271 e. The molecule has 0 spiro atoms. The predicted molar refractivity (Wildman–Crippen MR) is 95.6 cm³/mol. The lowest BCUT2D eigenvalue weighted by molar-refractivity contribution is 0.0168. The molecule has 1 amide bonds. The van der Waals surface area contributed by atoms with Gasteiger partial charge in [0, 0.05) is 24.9 Å². The molecule has 6 heteroatoms. The van der Waals surface area contributed by atoms with Gasteiger partial charge in [-0.1, -0.05) is 18.2 Å². The van der Waals surface area contributed by atoms with Gasteiger partial charge in [-0.3, -0.25) is 9.89 Å². The van der Waals surface area contributed by atoms with Crippen molar-refractivity contribution in [3.8, 4) is 0 Å². The topological polar surface area (TPSA) is 71.9 Å². The van der Waals surface area contributed by atoms with E-state index in [1.807, 2.05) is 24.4 Å². The Kier molecular flexibility index (Phi) is 4.52. The molecule has 0 radical (unpaired) electrons. The van der Waals surface area contributed by atoms with E-state index in [0.29, 0.717) is 18.8 Å². The van der Waals surface area contributed by atoms with Crippen molar-refractivity contribution < 1.29 is 9.53 Å². The van der Waals surface area contributed by atoms with E-state index in [-0.39, 0.29) is 12.0 Å². The summed E-state index contributed by atoms with van der Waals surface area (Å²) in [6, 6.07) is 12.1. The van der Waals surface area contributed by atoms with Gasteiger partial charge in [0.05, 0.1) is 18.3 Å². The average Bonchev–Trinajstić information content (AvgIpc) is 3.29. The third kappa shape index (κ3) is 3.58. The van der Waals surface area contributed by atoms with Gasteiger partial charge in [-0.25, -0.2) is 0 Å². The fourth-order valence-electron chi connectivity index (χ4n) is 3.29. The fourth-order valence-corrected chi connectivity index (χ4v) is 3.29. The maximum atomic E-state index is 12.3. The molecule has 2 N–H and O–H groups in total. The highest BCUT2D eigenvalue weighted by atomic mass is 16.5. The van der Waals surface area contributed by atoms with Crippen molar-refractivity contribution in [3.05, 3.63) is 54.0 Å². The van der Waals surface area contributed by atoms with Crippen LogP contribution in [0, 0.1) is 0 Å². The molecule has 1 saturated heterocycles. The van der Waals surface area contributed by atoms with Gasteiger partial charge in [-0.05, 0) is 42.8 Å². The van der Waals surface area contributed by atoms with Gasteiger partial charge in [0.25, 0.3) is 5.91 Å². The quantitative estimate of drug-likeness (QED) is 0.751. The standard InChI is InChI=1S/C19H22N4O2/c24-19(20-12-16-6-3-4-10-25-16)17-11-15(21-22-17)13-23-9-8-14-5-1-2-7-18(14)23/h1-2,5,7-9,11,16H,3-4,6,10,12-13H2,(H,20,24)(H,21,22)/t16-/m0/s1. The lowest BCUT2D eigenvalue weighted by atomic mass is 10.1. The highest BCUT2D eigenvalue weighted by Crippen LogP contribution is 2.16. The first-order valence-electron chi connectivity index (χ1n) is 8.77. The normalized spacial score (nSPS) is 17.7. The Morgan fingerprint density at radius 2 is 2.24 bits per heavy atom. The molecule has 0 saturated carbocycles. The average molecular weight is 338 g/mol. The number of rotatable bonds is 5. The second-order valence-electron chi connectivity index (χ2n) is 6.48. The summed E-state index contributed by atoms with van der Waals surface area (Å²) < 4.78 is 7.77. The zero-order chi connectivity index (χ0) is 17.1. The van der Waals surface area contributed by atoms with Crippen LogP contribution in [0.1, 0.15) is 35.4 Å². The van der Waals surface area contributed by atoms with Crippen molar-refractivity contribution in [3.63, 3.8) is 0 Å². The van der Waals surface area contributed by atoms with Gasteiger partial charge in [0.2, 0.25) is 0 Å². The lowest BCUT2D eigenvalue weighted by Crippen LogP contribution is -2.35. The van der Waals surface area contributed by atoms with E-state index in [0.717, 1.165) is 37.1 Å². The number of ether oxygens (including phenoxy) is 1. The van der Waals surface area contributed by atoms with E-state index in [1.54, 1.807) is 0 Å². The molecular weight excluding hydrogens is 316 g/mol. The minimum atomic E-state index is -0.158. The van der Waals surface area contributed by atoms with E-state index < -0.39 is 0 Å². The molecule has 1 fully saturated rings. The number of nitrogens with zero attached hydrogens (tertiary/aromatic N) is 2. The van der Waals surface area contributed by atoms with E-state index >= 15 is 0 Å². The van der Waals surface area contributed by atoms with Crippen molar-refractivity contribution >= 4 is 16.8 Å². The van der Waals surface area contributed by atoms with Gasteiger partial charge in [-0.15, -0.1) is 0 Å². The number of amides is 1. The van der Waals surface area contributed by atoms with E-state index in [2.05, 4.69) is 38.3 Å². The summed E-state index contributed by atoms with van der Waals surface area (Å²) in [5.74, 6) is -0.158. The maximum Gasteiger partial charge on any atom is 0.271 e. The van der Waals surface area contributed by atoms with Crippen LogP contribution < -0.4 is 5.32 Å². The van der Waals surface area contributed by atoms with Crippen molar-refractivity contribution in [1.29, 1.82) is 0 Å². The molecule has 6 nitrogen and oxygen atoms in total. The zero-order valence-corrected chi connectivity index (χ0v) is 14.1. The number of H-pyrrole nitrogens is 1. The molecule has 1 aliphatic heterocycles. The Hall–Kier alpha value is -2.60. The maximum absolute atomic E-state index is 12.3. The van der Waals surface area contributed by atoms with Crippen molar-refractivity contribution in [2.45, 2.75) is 31.9 Å². The highest BCUT2D eigenvalue weighted by Gasteiger charge is 2.16. The molecule has 3 heterocycles. The van der Waals surface area contributed by atoms with E-state index in [1.165, 1.54) is 5.39 Å². The second kappa shape index (κ2) is 7.11. The third-order valence-corrected chi connectivity index (χ3v) is 4.65. The largest absolute Gasteiger partial charge is 0.376 e. The number of nitrogens with one attached hydrogen (secondary N) is 2. The Morgan fingerprint density at radius 3 is 3.12 bits per heavy atom. The van der Waals surface area contributed by atoms with Crippen molar-refractivity contribution in [2.24, 2.45) is 0 Å². The fraction of sp³-hybridized carbons (Fsp3) is 0.368. The van der Waals surface area contributed by atoms with Gasteiger partial charge < -0.3 is 14.6 Å². The number of aromatic amines is 1. The monoisotopic (exact) mass is 338 g/mol. The summed E-state index contributed by atoms with van der Waals surface area (Å²) in [5, 5.41) is 11.2. The molecule has 3 aromatic rings. The summed E-state index contributed by atoms with van der Waals surface area (Å²) in [7, 11) is 0. The minimum Gasteiger partial charge on any atom is -0.376 e. The van der Waals surface area contributed by atoms with E-state index in [4.69, 9.17) is 4.74 Å². The molecule has 0 bridgehead atoms. The van der Waals surface area contributed by atoms with Gasteiger partial charge in [-0.2, -0.15) is 5.10 Å². The molecule has 0 aliphatic carbocycles. The summed E-state index contributed by atoms with van der Waals surface area (Å²) >= 11 is 0. The van der Waals surface area contributed by atoms with Crippen LogP contribution in [-0.4, -0.2) is 39.9 Å². The molecule has 1 atom stereocenters. The van der Waals surface area contributed by atoms with Crippen LogP contribution in [0.15, 0.2) is 42.6 Å². The van der Waals surface area contributed by atoms with Crippen LogP contribution in [0.3, 0.4) is 0 Å². The number of para-hydroxylation sites is 1. The lowest BCUT2D eigenvalue weighted by Gasteiger charge is -2.22. The van der Waals surface area contributed by atoms with E-state index in [9.17, 15) is 4.79 Å². The zero-order valence-electron chi connectivity index (χ0n) is 14.1.